The van der Waals surface area contributed by atoms with Crippen LogP contribution in [0.3, 0.4) is 0 Å². The number of aliphatic hydroxyl groups is 1. The van der Waals surface area contributed by atoms with Crippen LogP contribution < -0.4 is 15.6 Å². The van der Waals surface area contributed by atoms with Crippen LogP contribution >= 0.6 is 0 Å². The van der Waals surface area contributed by atoms with E-state index in [0.717, 1.165) is 22.9 Å². The van der Waals surface area contributed by atoms with Gasteiger partial charge in [0, 0.05) is 24.0 Å². The molecule has 0 radical (unpaired) electrons. The smallest absolute Gasteiger partial charge is 0.248 e. The summed E-state index contributed by atoms with van der Waals surface area (Å²) in [6.45, 7) is 3.06. The van der Waals surface area contributed by atoms with E-state index in [-0.39, 0.29) is 11.6 Å². The maximum absolute atomic E-state index is 12.0. The Morgan fingerprint density at radius 1 is 1.03 bits per heavy atom. The number of ether oxygens (including phenoxy) is 1. The summed E-state index contributed by atoms with van der Waals surface area (Å²) in [6.07, 6.45) is 0.252. The molecule has 0 bridgehead atoms. The van der Waals surface area contributed by atoms with Gasteiger partial charge in [-0.2, -0.15) is 0 Å². The first-order chi connectivity index (χ1) is 16.1. The first kappa shape index (κ1) is 21.4. The number of fused-ring (bicyclic) bond motifs is 2. The Balaban J connectivity index is 1.34. The molecule has 3 aromatic carbocycles. The molecule has 168 valence electrons. The Morgan fingerprint density at radius 2 is 1.82 bits per heavy atom. The Bertz CT molecular complexity index is 1320. The largest absolute Gasteiger partial charge is 0.487 e. The van der Waals surface area contributed by atoms with Crippen LogP contribution in [-0.2, 0) is 13.0 Å². The highest BCUT2D eigenvalue weighted by atomic mass is 16.5. The predicted molar refractivity (Wildman–Crippen MR) is 131 cm³/mol. The summed E-state index contributed by atoms with van der Waals surface area (Å²) in [5.41, 5.74) is 4.98. The van der Waals surface area contributed by atoms with Crippen LogP contribution in [0.2, 0.25) is 0 Å². The molecule has 0 spiro atoms. The van der Waals surface area contributed by atoms with Crippen molar-refractivity contribution < 1.29 is 9.84 Å². The van der Waals surface area contributed by atoms with Gasteiger partial charge in [-0.3, -0.25) is 4.79 Å². The molecule has 0 fully saturated rings. The number of aromatic nitrogens is 1. The second-order valence-electron chi connectivity index (χ2n) is 8.76. The van der Waals surface area contributed by atoms with E-state index in [1.54, 1.807) is 6.07 Å². The normalized spacial score (nSPS) is 18.2. The zero-order chi connectivity index (χ0) is 22.8. The highest BCUT2D eigenvalue weighted by Crippen LogP contribution is 2.34. The lowest BCUT2D eigenvalue weighted by atomic mass is 9.99. The maximum Gasteiger partial charge on any atom is 0.248 e. The van der Waals surface area contributed by atoms with E-state index in [2.05, 4.69) is 41.5 Å². The number of aromatic amines is 1. The first-order valence-electron chi connectivity index (χ1n) is 11.4. The minimum Gasteiger partial charge on any atom is -0.487 e. The summed E-state index contributed by atoms with van der Waals surface area (Å²) in [4.78, 5) is 14.9. The molecule has 5 rings (SSSR count). The van der Waals surface area contributed by atoms with Crippen molar-refractivity contribution in [1.29, 1.82) is 0 Å². The summed E-state index contributed by atoms with van der Waals surface area (Å²) < 4.78 is 6.02. The maximum atomic E-state index is 12.0. The van der Waals surface area contributed by atoms with Gasteiger partial charge in [-0.1, -0.05) is 67.6 Å². The third kappa shape index (κ3) is 4.42. The number of pyridine rings is 1. The van der Waals surface area contributed by atoms with E-state index in [1.807, 2.05) is 42.5 Å². The Kier molecular flexibility index (Phi) is 5.99. The van der Waals surface area contributed by atoms with Crippen molar-refractivity contribution in [2.45, 2.75) is 38.0 Å². The summed E-state index contributed by atoms with van der Waals surface area (Å²) in [5, 5.41) is 15.4. The second-order valence-corrected chi connectivity index (χ2v) is 8.76. The van der Waals surface area contributed by atoms with Crippen molar-refractivity contribution in [2.75, 3.05) is 6.54 Å². The molecule has 5 heteroatoms. The van der Waals surface area contributed by atoms with Crippen molar-refractivity contribution in [1.82, 2.24) is 10.3 Å². The number of hydrogen-bond donors (Lipinski definition) is 3. The number of H-pyrrole nitrogens is 1. The molecule has 1 aliphatic rings. The van der Waals surface area contributed by atoms with Crippen molar-refractivity contribution in [3.05, 3.63) is 111 Å². The molecule has 3 atom stereocenters. The molecule has 1 aromatic heterocycles. The molecule has 0 unspecified atom stereocenters. The Hall–Kier alpha value is -3.41. The fourth-order valence-electron chi connectivity index (χ4n) is 4.81. The Labute approximate surface area is 193 Å². The predicted octanol–water partition coefficient (Wildman–Crippen LogP) is 4.46. The number of aliphatic hydroxyl groups excluding tert-OH is 1. The van der Waals surface area contributed by atoms with Gasteiger partial charge in [0.15, 0.2) is 0 Å². The quantitative estimate of drug-likeness (QED) is 0.397. The third-order valence-corrected chi connectivity index (χ3v) is 6.65. The molecule has 4 aromatic rings. The number of nitrogens with one attached hydrogen (secondary N) is 2. The van der Waals surface area contributed by atoms with Gasteiger partial charge in [-0.15, -0.1) is 0 Å². The molecule has 0 aliphatic heterocycles. The van der Waals surface area contributed by atoms with E-state index in [1.165, 1.54) is 17.2 Å². The molecule has 3 N–H and O–H groups in total. The van der Waals surface area contributed by atoms with Gasteiger partial charge < -0.3 is 20.1 Å². The molecule has 1 heterocycles. The zero-order valence-electron chi connectivity index (χ0n) is 18.6. The van der Waals surface area contributed by atoms with E-state index in [9.17, 15) is 9.90 Å². The van der Waals surface area contributed by atoms with Crippen molar-refractivity contribution in [3.8, 4) is 5.75 Å². The highest BCUT2D eigenvalue weighted by molar-refractivity contribution is 5.87. The highest BCUT2D eigenvalue weighted by Gasteiger charge is 2.29. The lowest BCUT2D eigenvalue weighted by molar-refractivity contribution is 0.170. The molecule has 0 saturated heterocycles. The lowest BCUT2D eigenvalue weighted by Gasteiger charge is -2.22. The molecule has 5 nitrogen and oxygen atoms in total. The minimum atomic E-state index is -0.711. The van der Waals surface area contributed by atoms with Crippen molar-refractivity contribution in [2.24, 2.45) is 0 Å². The molecular weight excluding hydrogens is 412 g/mol. The van der Waals surface area contributed by atoms with Gasteiger partial charge in [0.2, 0.25) is 5.56 Å². The van der Waals surface area contributed by atoms with Gasteiger partial charge in [0.25, 0.3) is 0 Å². The van der Waals surface area contributed by atoms with Gasteiger partial charge in [0.05, 0.1) is 11.6 Å². The van der Waals surface area contributed by atoms with Gasteiger partial charge >= 0.3 is 0 Å². The number of rotatable bonds is 7. The lowest BCUT2D eigenvalue weighted by Crippen LogP contribution is -2.35. The molecule has 0 amide bonds. The second kappa shape index (κ2) is 9.22. The average Bonchev–Trinajstić information content (AvgIpc) is 3.17. The van der Waals surface area contributed by atoms with Crippen molar-refractivity contribution >= 4 is 10.9 Å². The van der Waals surface area contributed by atoms with Crippen LogP contribution in [0, 0.1) is 0 Å². The summed E-state index contributed by atoms with van der Waals surface area (Å²) in [5.74, 6) is 0.991. The number of hydrogen-bond acceptors (Lipinski definition) is 4. The average molecular weight is 441 g/mol. The topological polar surface area (TPSA) is 74.3 Å². The van der Waals surface area contributed by atoms with Crippen LogP contribution in [0.1, 0.15) is 41.2 Å². The van der Waals surface area contributed by atoms with E-state index in [4.69, 9.17) is 4.74 Å². The fourth-order valence-corrected chi connectivity index (χ4v) is 4.81. The molecular formula is C28H28N2O3. The molecule has 33 heavy (non-hydrogen) atoms. The van der Waals surface area contributed by atoms with E-state index >= 15 is 0 Å². The van der Waals surface area contributed by atoms with Crippen LogP contribution in [0.15, 0.2) is 83.7 Å². The van der Waals surface area contributed by atoms with Gasteiger partial charge in [-0.25, -0.2) is 0 Å². The standard InChI is InChI=1S/C28H28N2O3/c1-18-21-10-6-5-9-20(21)15-24(18)29-16-25(31)22-11-13-26(28-23(22)12-14-27(32)30-28)33-17-19-7-3-2-4-8-19/h2-14,18,24-25,29,31H,15-17H2,1H3,(H,30,32)/t18-,24+,25-/m0/s1. The first-order valence-corrected chi connectivity index (χ1v) is 11.4. The van der Waals surface area contributed by atoms with E-state index < -0.39 is 6.10 Å². The van der Waals surface area contributed by atoms with E-state index in [0.29, 0.717) is 30.3 Å². The summed E-state index contributed by atoms with van der Waals surface area (Å²) in [6, 6.07) is 25.7. The Morgan fingerprint density at radius 3 is 2.64 bits per heavy atom. The fraction of sp³-hybridized carbons (Fsp3) is 0.250. The van der Waals surface area contributed by atoms with Crippen molar-refractivity contribution in [3.63, 3.8) is 0 Å². The van der Waals surface area contributed by atoms with Crippen LogP contribution in [-0.4, -0.2) is 22.7 Å². The van der Waals surface area contributed by atoms with Crippen LogP contribution in [0.5, 0.6) is 5.75 Å². The zero-order valence-corrected chi connectivity index (χ0v) is 18.6. The summed E-state index contributed by atoms with van der Waals surface area (Å²) in [7, 11) is 0. The SMILES string of the molecule is C[C@H]1c2ccccc2C[C@H]1NC[C@H](O)c1ccc(OCc2ccccc2)c2[nH]c(=O)ccc12. The molecule has 1 aliphatic carbocycles. The third-order valence-electron chi connectivity index (χ3n) is 6.65. The molecule has 0 saturated carbocycles. The monoisotopic (exact) mass is 440 g/mol. The van der Waals surface area contributed by atoms with Crippen LogP contribution in [0.4, 0.5) is 0 Å². The van der Waals surface area contributed by atoms with Crippen LogP contribution in [0.25, 0.3) is 10.9 Å². The number of benzene rings is 3. The summed E-state index contributed by atoms with van der Waals surface area (Å²) >= 11 is 0. The van der Waals surface area contributed by atoms with Gasteiger partial charge in [-0.05, 0) is 46.7 Å². The minimum absolute atomic E-state index is 0.200. The van der Waals surface area contributed by atoms with Gasteiger partial charge in [0.1, 0.15) is 12.4 Å².